The van der Waals surface area contributed by atoms with E-state index in [0.29, 0.717) is 5.75 Å². The van der Waals surface area contributed by atoms with Crippen LogP contribution >= 0.6 is 0 Å². The van der Waals surface area contributed by atoms with Crippen molar-refractivity contribution in [2.24, 2.45) is 5.73 Å². The van der Waals surface area contributed by atoms with Crippen LogP contribution in [0.4, 0.5) is 0 Å². The standard InChI is InChI=1S/C12H19NO/c1-9-4-5-11(14)10(8-9)6-7-12(2,3)13/h4-5,8,14H,6-7,13H2,1-3H3. The molecule has 0 fully saturated rings. The van der Waals surface area contributed by atoms with Crippen molar-refractivity contribution < 1.29 is 5.11 Å². The van der Waals surface area contributed by atoms with Gasteiger partial charge in [0, 0.05) is 5.54 Å². The van der Waals surface area contributed by atoms with Crippen LogP contribution in [0.1, 0.15) is 31.4 Å². The van der Waals surface area contributed by atoms with Crippen LogP contribution in [0.2, 0.25) is 0 Å². The maximum absolute atomic E-state index is 9.59. The van der Waals surface area contributed by atoms with E-state index in [-0.39, 0.29) is 5.54 Å². The first kappa shape index (κ1) is 11.1. The number of phenolic OH excluding ortho intramolecular Hbond substituents is 1. The Morgan fingerprint density at radius 1 is 1.36 bits per heavy atom. The lowest BCUT2D eigenvalue weighted by Crippen LogP contribution is -2.32. The fourth-order valence-corrected chi connectivity index (χ4v) is 1.37. The fraction of sp³-hybridized carbons (Fsp3) is 0.500. The molecule has 0 radical (unpaired) electrons. The van der Waals surface area contributed by atoms with Gasteiger partial charge in [0.05, 0.1) is 0 Å². The van der Waals surface area contributed by atoms with E-state index in [4.69, 9.17) is 5.73 Å². The van der Waals surface area contributed by atoms with Gasteiger partial charge < -0.3 is 10.8 Å². The number of benzene rings is 1. The summed E-state index contributed by atoms with van der Waals surface area (Å²) in [4.78, 5) is 0. The number of aryl methyl sites for hydroxylation is 2. The van der Waals surface area contributed by atoms with Crippen LogP contribution in [0.15, 0.2) is 18.2 Å². The smallest absolute Gasteiger partial charge is 0.118 e. The van der Waals surface area contributed by atoms with E-state index < -0.39 is 0 Å². The molecule has 3 N–H and O–H groups in total. The van der Waals surface area contributed by atoms with E-state index in [0.717, 1.165) is 18.4 Å². The molecule has 0 saturated heterocycles. The third-order valence-corrected chi connectivity index (χ3v) is 2.27. The van der Waals surface area contributed by atoms with Crippen molar-refractivity contribution in [3.8, 4) is 5.75 Å². The maximum atomic E-state index is 9.59. The zero-order valence-electron chi connectivity index (χ0n) is 9.17. The predicted octanol–water partition coefficient (Wildman–Crippen LogP) is 2.37. The average molecular weight is 193 g/mol. The predicted molar refractivity (Wildman–Crippen MR) is 59.4 cm³/mol. The van der Waals surface area contributed by atoms with Crippen molar-refractivity contribution in [1.29, 1.82) is 0 Å². The van der Waals surface area contributed by atoms with Gasteiger partial charge in [0.25, 0.3) is 0 Å². The minimum Gasteiger partial charge on any atom is -0.508 e. The average Bonchev–Trinajstić information content (AvgIpc) is 2.05. The Kier molecular flexibility index (Phi) is 3.17. The van der Waals surface area contributed by atoms with Crippen molar-refractivity contribution in [2.75, 3.05) is 0 Å². The second-order valence-corrected chi connectivity index (χ2v) is 4.62. The minimum absolute atomic E-state index is 0.170. The molecule has 0 spiro atoms. The summed E-state index contributed by atoms with van der Waals surface area (Å²) in [6.45, 7) is 6.02. The molecule has 0 aromatic heterocycles. The molecule has 0 aliphatic heterocycles. The van der Waals surface area contributed by atoms with Crippen molar-refractivity contribution in [3.63, 3.8) is 0 Å². The lowest BCUT2D eigenvalue weighted by atomic mass is 9.95. The summed E-state index contributed by atoms with van der Waals surface area (Å²) in [6.07, 6.45) is 1.71. The summed E-state index contributed by atoms with van der Waals surface area (Å²) in [5.41, 5.74) is 7.88. The van der Waals surface area contributed by atoms with Gasteiger partial charge in [0.2, 0.25) is 0 Å². The second kappa shape index (κ2) is 4.01. The lowest BCUT2D eigenvalue weighted by molar-refractivity contribution is 0.448. The molecule has 2 heteroatoms. The molecule has 0 amide bonds. The molecular formula is C12H19NO. The zero-order chi connectivity index (χ0) is 10.8. The molecule has 0 bridgehead atoms. The summed E-state index contributed by atoms with van der Waals surface area (Å²) >= 11 is 0. The third-order valence-electron chi connectivity index (χ3n) is 2.27. The molecule has 0 atom stereocenters. The van der Waals surface area contributed by atoms with Gasteiger partial charge >= 0.3 is 0 Å². The van der Waals surface area contributed by atoms with Crippen LogP contribution in [0.5, 0.6) is 5.75 Å². The summed E-state index contributed by atoms with van der Waals surface area (Å²) in [7, 11) is 0. The lowest BCUT2D eigenvalue weighted by Gasteiger charge is -2.18. The summed E-state index contributed by atoms with van der Waals surface area (Å²) in [6, 6.07) is 5.67. The van der Waals surface area contributed by atoms with Gasteiger partial charge in [-0.3, -0.25) is 0 Å². The number of phenols is 1. The van der Waals surface area contributed by atoms with Crippen LogP contribution < -0.4 is 5.73 Å². The zero-order valence-corrected chi connectivity index (χ0v) is 9.17. The Morgan fingerprint density at radius 2 is 2.00 bits per heavy atom. The monoisotopic (exact) mass is 193 g/mol. The normalized spacial score (nSPS) is 11.7. The molecule has 0 heterocycles. The first-order valence-corrected chi connectivity index (χ1v) is 4.96. The van der Waals surface area contributed by atoms with Gasteiger partial charge in [-0.1, -0.05) is 17.7 Å². The first-order valence-electron chi connectivity index (χ1n) is 4.96. The minimum atomic E-state index is -0.170. The quantitative estimate of drug-likeness (QED) is 0.774. The molecule has 1 rings (SSSR count). The molecule has 0 saturated carbocycles. The van der Waals surface area contributed by atoms with Gasteiger partial charge in [0.15, 0.2) is 0 Å². The number of nitrogens with two attached hydrogens (primary N) is 1. The summed E-state index contributed by atoms with van der Waals surface area (Å²) in [5, 5.41) is 9.59. The van der Waals surface area contributed by atoms with Crippen molar-refractivity contribution >= 4 is 0 Å². The highest BCUT2D eigenvalue weighted by atomic mass is 16.3. The molecule has 0 aliphatic rings. The number of hydrogen-bond acceptors (Lipinski definition) is 2. The van der Waals surface area contributed by atoms with E-state index in [1.54, 1.807) is 6.07 Å². The topological polar surface area (TPSA) is 46.2 Å². The van der Waals surface area contributed by atoms with Gasteiger partial charge in [-0.15, -0.1) is 0 Å². The van der Waals surface area contributed by atoms with E-state index in [1.807, 2.05) is 32.9 Å². The Balaban J connectivity index is 2.72. The van der Waals surface area contributed by atoms with Crippen LogP contribution in [0.25, 0.3) is 0 Å². The van der Waals surface area contributed by atoms with Crippen LogP contribution in [-0.2, 0) is 6.42 Å². The van der Waals surface area contributed by atoms with Crippen LogP contribution in [-0.4, -0.2) is 10.6 Å². The van der Waals surface area contributed by atoms with Crippen molar-refractivity contribution in [2.45, 2.75) is 39.2 Å². The number of aromatic hydroxyl groups is 1. The number of rotatable bonds is 3. The van der Waals surface area contributed by atoms with Crippen LogP contribution in [0, 0.1) is 6.92 Å². The summed E-state index contributed by atoms with van der Waals surface area (Å²) in [5.74, 6) is 0.375. The molecule has 14 heavy (non-hydrogen) atoms. The highest BCUT2D eigenvalue weighted by molar-refractivity contribution is 5.35. The molecule has 1 aromatic carbocycles. The Labute approximate surface area is 85.8 Å². The number of hydrogen-bond donors (Lipinski definition) is 2. The first-order chi connectivity index (χ1) is 6.38. The highest BCUT2D eigenvalue weighted by Gasteiger charge is 2.11. The van der Waals surface area contributed by atoms with Gasteiger partial charge in [-0.25, -0.2) is 0 Å². The Hall–Kier alpha value is -1.02. The van der Waals surface area contributed by atoms with E-state index >= 15 is 0 Å². The van der Waals surface area contributed by atoms with Gasteiger partial charge in [0.1, 0.15) is 5.75 Å². The SMILES string of the molecule is Cc1ccc(O)c(CCC(C)(C)N)c1. The molecule has 2 nitrogen and oxygen atoms in total. The Morgan fingerprint density at radius 3 is 2.57 bits per heavy atom. The molecule has 1 aromatic rings. The largest absolute Gasteiger partial charge is 0.508 e. The molecule has 0 aliphatic carbocycles. The van der Waals surface area contributed by atoms with Gasteiger partial charge in [-0.2, -0.15) is 0 Å². The second-order valence-electron chi connectivity index (χ2n) is 4.62. The molecule has 78 valence electrons. The summed E-state index contributed by atoms with van der Waals surface area (Å²) < 4.78 is 0. The Bertz CT molecular complexity index is 313. The maximum Gasteiger partial charge on any atom is 0.118 e. The van der Waals surface area contributed by atoms with Crippen molar-refractivity contribution in [3.05, 3.63) is 29.3 Å². The fourth-order valence-electron chi connectivity index (χ4n) is 1.37. The van der Waals surface area contributed by atoms with Gasteiger partial charge in [-0.05, 0) is 45.2 Å². The van der Waals surface area contributed by atoms with E-state index in [2.05, 4.69) is 0 Å². The molecular weight excluding hydrogens is 174 g/mol. The van der Waals surface area contributed by atoms with Crippen molar-refractivity contribution in [1.82, 2.24) is 0 Å². The van der Waals surface area contributed by atoms with E-state index in [9.17, 15) is 5.11 Å². The van der Waals surface area contributed by atoms with Crippen LogP contribution in [0.3, 0.4) is 0 Å². The highest BCUT2D eigenvalue weighted by Crippen LogP contribution is 2.21. The molecule has 0 unspecified atom stereocenters. The van der Waals surface area contributed by atoms with E-state index in [1.165, 1.54) is 5.56 Å². The third kappa shape index (κ3) is 3.38.